The second-order valence-electron chi connectivity index (χ2n) is 6.73. The van der Waals surface area contributed by atoms with Crippen molar-refractivity contribution >= 4 is 11.8 Å². The maximum absolute atomic E-state index is 12.6. The van der Waals surface area contributed by atoms with Gasteiger partial charge in [0.1, 0.15) is 5.69 Å². The predicted molar refractivity (Wildman–Crippen MR) is 99.0 cm³/mol. The minimum absolute atomic E-state index is 0.0208. The van der Waals surface area contributed by atoms with Gasteiger partial charge in [0.2, 0.25) is 5.91 Å². The van der Waals surface area contributed by atoms with Gasteiger partial charge >= 0.3 is 0 Å². The van der Waals surface area contributed by atoms with Crippen molar-refractivity contribution in [1.82, 2.24) is 24.9 Å². The second kappa shape index (κ2) is 9.47. The fraction of sp³-hybridized carbons (Fsp3) is 0.667. The highest BCUT2D eigenvalue weighted by atomic mass is 16.2. The van der Waals surface area contributed by atoms with Gasteiger partial charge in [0.25, 0.3) is 11.5 Å². The Labute approximate surface area is 154 Å². The van der Waals surface area contributed by atoms with Crippen LogP contribution in [0.4, 0.5) is 0 Å². The van der Waals surface area contributed by atoms with Crippen LogP contribution in [0, 0.1) is 0 Å². The number of piperazine rings is 1. The number of aryl methyl sites for hydroxylation is 1. The zero-order chi connectivity index (χ0) is 19.1. The SMILES string of the molecule is CCCn1nc(C(=O)N2CCN(CC(=O)NC(C)CC)CC2)ccc1=O. The summed E-state index contributed by atoms with van der Waals surface area (Å²) in [4.78, 5) is 40.1. The van der Waals surface area contributed by atoms with Gasteiger partial charge in [0.05, 0.1) is 6.54 Å². The molecule has 2 heterocycles. The topological polar surface area (TPSA) is 87.5 Å². The van der Waals surface area contributed by atoms with Gasteiger partial charge in [0, 0.05) is 44.8 Å². The molecular weight excluding hydrogens is 334 g/mol. The van der Waals surface area contributed by atoms with Crippen molar-refractivity contribution in [3.63, 3.8) is 0 Å². The molecule has 0 aromatic carbocycles. The van der Waals surface area contributed by atoms with E-state index in [1.54, 1.807) is 4.90 Å². The number of nitrogens with one attached hydrogen (secondary N) is 1. The van der Waals surface area contributed by atoms with Crippen molar-refractivity contribution in [2.75, 3.05) is 32.7 Å². The molecule has 1 aliphatic heterocycles. The zero-order valence-corrected chi connectivity index (χ0v) is 15.9. The van der Waals surface area contributed by atoms with E-state index in [2.05, 4.69) is 10.4 Å². The Kier molecular flexibility index (Phi) is 7.32. The molecule has 0 spiro atoms. The van der Waals surface area contributed by atoms with Crippen molar-refractivity contribution in [2.24, 2.45) is 0 Å². The zero-order valence-electron chi connectivity index (χ0n) is 15.9. The molecule has 0 saturated carbocycles. The van der Waals surface area contributed by atoms with Gasteiger partial charge in [-0.3, -0.25) is 19.3 Å². The normalized spacial score (nSPS) is 16.3. The fourth-order valence-corrected chi connectivity index (χ4v) is 2.83. The number of hydrogen-bond acceptors (Lipinski definition) is 5. The van der Waals surface area contributed by atoms with E-state index in [0.717, 1.165) is 12.8 Å². The van der Waals surface area contributed by atoms with Crippen LogP contribution in [-0.4, -0.2) is 70.2 Å². The molecule has 1 aliphatic rings. The Morgan fingerprint density at radius 2 is 1.88 bits per heavy atom. The highest BCUT2D eigenvalue weighted by molar-refractivity contribution is 5.92. The molecule has 1 saturated heterocycles. The molecule has 144 valence electrons. The van der Waals surface area contributed by atoms with Crippen LogP contribution in [-0.2, 0) is 11.3 Å². The largest absolute Gasteiger partial charge is 0.353 e. The first-order chi connectivity index (χ1) is 12.4. The van der Waals surface area contributed by atoms with Crippen molar-refractivity contribution in [3.05, 3.63) is 28.2 Å². The van der Waals surface area contributed by atoms with Crippen molar-refractivity contribution in [2.45, 2.75) is 46.2 Å². The van der Waals surface area contributed by atoms with E-state index in [9.17, 15) is 14.4 Å². The molecule has 0 radical (unpaired) electrons. The summed E-state index contributed by atoms with van der Waals surface area (Å²) in [5.41, 5.74) is 0.0987. The molecular formula is C18H29N5O3. The Bertz CT molecular complexity index is 680. The lowest BCUT2D eigenvalue weighted by Crippen LogP contribution is -2.52. The third kappa shape index (κ3) is 5.39. The summed E-state index contributed by atoms with van der Waals surface area (Å²) in [6, 6.07) is 3.06. The first-order valence-corrected chi connectivity index (χ1v) is 9.33. The van der Waals surface area contributed by atoms with Crippen LogP contribution >= 0.6 is 0 Å². The van der Waals surface area contributed by atoms with Crippen LogP contribution in [0.3, 0.4) is 0 Å². The Balaban J connectivity index is 1.89. The van der Waals surface area contributed by atoms with E-state index in [4.69, 9.17) is 0 Å². The molecule has 1 N–H and O–H groups in total. The first kappa shape index (κ1) is 20.1. The summed E-state index contributed by atoms with van der Waals surface area (Å²) in [5, 5.41) is 7.14. The average molecular weight is 363 g/mol. The average Bonchev–Trinajstić information content (AvgIpc) is 2.63. The van der Waals surface area contributed by atoms with Crippen LogP contribution in [0.2, 0.25) is 0 Å². The summed E-state index contributed by atoms with van der Waals surface area (Å²) >= 11 is 0. The van der Waals surface area contributed by atoms with Gasteiger partial charge < -0.3 is 10.2 Å². The molecule has 2 rings (SSSR count). The molecule has 1 aromatic rings. The van der Waals surface area contributed by atoms with Gasteiger partial charge in [-0.15, -0.1) is 0 Å². The number of hydrogen-bond donors (Lipinski definition) is 1. The third-order valence-electron chi connectivity index (χ3n) is 4.57. The number of aromatic nitrogens is 2. The second-order valence-corrected chi connectivity index (χ2v) is 6.73. The number of rotatable bonds is 7. The van der Waals surface area contributed by atoms with E-state index < -0.39 is 0 Å². The number of carbonyl (C=O) groups is 2. The van der Waals surface area contributed by atoms with Gasteiger partial charge in [-0.25, -0.2) is 4.68 Å². The van der Waals surface area contributed by atoms with Crippen molar-refractivity contribution < 1.29 is 9.59 Å². The van der Waals surface area contributed by atoms with Crippen LogP contribution in [0.5, 0.6) is 0 Å². The lowest BCUT2D eigenvalue weighted by Gasteiger charge is -2.34. The lowest BCUT2D eigenvalue weighted by molar-refractivity contribution is -0.123. The van der Waals surface area contributed by atoms with Gasteiger partial charge in [-0.05, 0) is 25.8 Å². The first-order valence-electron chi connectivity index (χ1n) is 9.33. The predicted octanol–water partition coefficient (Wildman–Crippen LogP) is 0.326. The Hall–Kier alpha value is -2.22. The van der Waals surface area contributed by atoms with Gasteiger partial charge in [0.15, 0.2) is 0 Å². The van der Waals surface area contributed by atoms with Crippen molar-refractivity contribution in [1.29, 1.82) is 0 Å². The molecule has 2 amide bonds. The maximum atomic E-state index is 12.6. The molecule has 1 atom stereocenters. The fourth-order valence-electron chi connectivity index (χ4n) is 2.83. The van der Waals surface area contributed by atoms with Crippen LogP contribution < -0.4 is 10.9 Å². The van der Waals surface area contributed by atoms with E-state index in [1.807, 2.05) is 25.7 Å². The molecule has 26 heavy (non-hydrogen) atoms. The molecule has 0 aliphatic carbocycles. The number of amides is 2. The van der Waals surface area contributed by atoms with E-state index >= 15 is 0 Å². The van der Waals surface area contributed by atoms with Gasteiger partial charge in [-0.2, -0.15) is 5.10 Å². The maximum Gasteiger partial charge on any atom is 0.274 e. The van der Waals surface area contributed by atoms with Gasteiger partial charge in [-0.1, -0.05) is 13.8 Å². The standard InChI is InChI=1S/C18H29N5O3/c1-4-8-23-17(25)7-6-15(20-23)18(26)22-11-9-21(10-12-22)13-16(24)19-14(3)5-2/h6-7,14H,4-5,8-13H2,1-3H3,(H,19,24). The third-order valence-corrected chi connectivity index (χ3v) is 4.57. The summed E-state index contributed by atoms with van der Waals surface area (Å²) < 4.78 is 1.34. The van der Waals surface area contributed by atoms with E-state index in [-0.39, 0.29) is 23.4 Å². The summed E-state index contributed by atoms with van der Waals surface area (Å²) in [5.74, 6) is -0.147. The molecule has 1 aromatic heterocycles. The smallest absolute Gasteiger partial charge is 0.274 e. The van der Waals surface area contributed by atoms with Crippen molar-refractivity contribution in [3.8, 4) is 0 Å². The Morgan fingerprint density at radius 3 is 2.50 bits per heavy atom. The Morgan fingerprint density at radius 1 is 1.19 bits per heavy atom. The van der Waals surface area contributed by atoms with E-state index in [0.29, 0.717) is 45.0 Å². The summed E-state index contributed by atoms with van der Waals surface area (Å²) in [6.07, 6.45) is 1.68. The van der Waals surface area contributed by atoms with Crippen LogP contribution in [0.1, 0.15) is 44.1 Å². The lowest BCUT2D eigenvalue weighted by atomic mass is 10.2. The van der Waals surface area contributed by atoms with Crippen LogP contribution in [0.25, 0.3) is 0 Å². The summed E-state index contributed by atoms with van der Waals surface area (Å²) in [7, 11) is 0. The minimum atomic E-state index is -0.194. The molecule has 1 unspecified atom stereocenters. The van der Waals surface area contributed by atoms with Crippen LogP contribution in [0.15, 0.2) is 16.9 Å². The number of carbonyl (C=O) groups excluding carboxylic acids is 2. The molecule has 1 fully saturated rings. The number of nitrogens with zero attached hydrogens (tertiary/aromatic N) is 4. The molecule has 8 nitrogen and oxygen atoms in total. The molecule has 0 bridgehead atoms. The summed E-state index contributed by atoms with van der Waals surface area (Å²) in [6.45, 7) is 9.22. The highest BCUT2D eigenvalue weighted by Crippen LogP contribution is 2.06. The molecule has 8 heteroatoms. The monoisotopic (exact) mass is 363 g/mol. The quantitative estimate of drug-likeness (QED) is 0.754. The highest BCUT2D eigenvalue weighted by Gasteiger charge is 2.24. The minimum Gasteiger partial charge on any atom is -0.353 e. The van der Waals surface area contributed by atoms with E-state index in [1.165, 1.54) is 16.8 Å².